The molecule has 0 saturated carbocycles. The summed E-state index contributed by atoms with van der Waals surface area (Å²) in [4.78, 5) is 11.2. The number of phenols is 1. The Morgan fingerprint density at radius 2 is 2.25 bits per heavy atom. The number of hydrogen-bond acceptors (Lipinski definition) is 2. The van der Waals surface area contributed by atoms with Crippen LogP contribution >= 0.6 is 0 Å². The lowest BCUT2D eigenvalue weighted by molar-refractivity contribution is -0.116. The Morgan fingerprint density at radius 3 is 2.92 bits per heavy atom. The fraction of sp³-hybridized carbons (Fsp3) is 0.222. The van der Waals surface area contributed by atoms with Crippen molar-refractivity contribution in [3.8, 4) is 5.75 Å². The van der Waals surface area contributed by atoms with Gasteiger partial charge in [-0.05, 0) is 18.6 Å². The Labute approximate surface area is 70.0 Å². The molecule has 0 aliphatic carbocycles. The van der Waals surface area contributed by atoms with E-state index in [0.717, 1.165) is 5.56 Å². The number of fused-ring (bicyclic) bond motifs is 1. The monoisotopic (exact) mass is 163 g/mol. The predicted molar refractivity (Wildman–Crippen MR) is 45.2 cm³/mol. The number of para-hydroxylation sites is 1. The molecule has 1 aromatic carbocycles. The van der Waals surface area contributed by atoms with E-state index in [1.165, 1.54) is 0 Å². The number of carbonyl (C=O) groups is 1. The maximum Gasteiger partial charge on any atom is 0.231 e. The van der Waals surface area contributed by atoms with E-state index in [9.17, 15) is 9.90 Å². The fourth-order valence-corrected chi connectivity index (χ4v) is 1.43. The van der Waals surface area contributed by atoms with E-state index >= 15 is 0 Å². The summed E-state index contributed by atoms with van der Waals surface area (Å²) in [6, 6.07) is 5.15. The van der Waals surface area contributed by atoms with Crippen molar-refractivity contribution in [3.05, 3.63) is 23.8 Å². The highest BCUT2D eigenvalue weighted by Crippen LogP contribution is 2.37. The number of benzene rings is 1. The zero-order valence-corrected chi connectivity index (χ0v) is 6.66. The number of nitrogens with one attached hydrogen (secondary N) is 1. The average Bonchev–Trinajstić information content (AvgIpc) is 2.32. The third-order valence-corrected chi connectivity index (χ3v) is 2.18. The topological polar surface area (TPSA) is 49.3 Å². The van der Waals surface area contributed by atoms with Gasteiger partial charge in [-0.2, -0.15) is 0 Å². The van der Waals surface area contributed by atoms with Gasteiger partial charge in [-0.3, -0.25) is 4.79 Å². The van der Waals surface area contributed by atoms with E-state index in [2.05, 4.69) is 5.32 Å². The number of anilines is 1. The average molecular weight is 163 g/mol. The van der Waals surface area contributed by atoms with Gasteiger partial charge in [0.25, 0.3) is 0 Å². The third-order valence-electron chi connectivity index (χ3n) is 2.18. The molecule has 0 unspecified atom stereocenters. The number of phenolic OH excluding ortho intramolecular Hbond substituents is 1. The van der Waals surface area contributed by atoms with Gasteiger partial charge in [0, 0.05) is 0 Å². The highest BCUT2D eigenvalue weighted by Gasteiger charge is 2.27. The molecule has 3 heteroatoms. The summed E-state index contributed by atoms with van der Waals surface area (Å²) < 4.78 is 0. The second-order valence-electron chi connectivity index (χ2n) is 2.95. The maximum absolute atomic E-state index is 11.2. The highest BCUT2D eigenvalue weighted by molar-refractivity contribution is 6.04. The number of amides is 1. The molecular formula is C9H9NO2. The van der Waals surface area contributed by atoms with Crippen molar-refractivity contribution in [3.63, 3.8) is 0 Å². The van der Waals surface area contributed by atoms with Crippen LogP contribution in [0.3, 0.4) is 0 Å². The lowest BCUT2D eigenvalue weighted by atomic mass is 10.0. The quantitative estimate of drug-likeness (QED) is 0.568. The molecule has 12 heavy (non-hydrogen) atoms. The lowest BCUT2D eigenvalue weighted by Gasteiger charge is -2.00. The van der Waals surface area contributed by atoms with E-state index in [0.29, 0.717) is 5.69 Å². The first-order valence-electron chi connectivity index (χ1n) is 3.83. The van der Waals surface area contributed by atoms with Crippen LogP contribution < -0.4 is 5.32 Å². The van der Waals surface area contributed by atoms with E-state index in [-0.39, 0.29) is 17.6 Å². The standard InChI is InChI=1S/C9H9NO2/c1-5-6-3-2-4-7(11)8(6)10-9(5)12/h2-5,11H,1H3,(H,10,12)/t5-/m0/s1. The highest BCUT2D eigenvalue weighted by atomic mass is 16.3. The van der Waals surface area contributed by atoms with Crippen molar-refractivity contribution < 1.29 is 9.90 Å². The van der Waals surface area contributed by atoms with Crippen molar-refractivity contribution >= 4 is 11.6 Å². The van der Waals surface area contributed by atoms with Gasteiger partial charge in [-0.15, -0.1) is 0 Å². The number of carbonyl (C=O) groups excluding carboxylic acids is 1. The Hall–Kier alpha value is -1.51. The van der Waals surface area contributed by atoms with Crippen LogP contribution in [0.15, 0.2) is 18.2 Å². The van der Waals surface area contributed by atoms with E-state index < -0.39 is 0 Å². The van der Waals surface area contributed by atoms with Crippen molar-refractivity contribution in [2.24, 2.45) is 0 Å². The van der Waals surface area contributed by atoms with Crippen molar-refractivity contribution in [1.29, 1.82) is 0 Å². The summed E-state index contributed by atoms with van der Waals surface area (Å²) in [7, 11) is 0. The molecule has 1 amide bonds. The van der Waals surface area contributed by atoms with Gasteiger partial charge in [-0.1, -0.05) is 12.1 Å². The molecule has 1 aliphatic rings. The molecule has 1 aliphatic heterocycles. The third kappa shape index (κ3) is 0.794. The predicted octanol–water partition coefficient (Wildman–Crippen LogP) is 1.45. The molecule has 0 bridgehead atoms. The zero-order chi connectivity index (χ0) is 8.72. The van der Waals surface area contributed by atoms with Crippen LogP contribution in [-0.2, 0) is 4.79 Å². The molecular weight excluding hydrogens is 154 g/mol. The number of aromatic hydroxyl groups is 1. The van der Waals surface area contributed by atoms with E-state index in [1.807, 2.05) is 13.0 Å². The Kier molecular flexibility index (Phi) is 1.33. The van der Waals surface area contributed by atoms with Gasteiger partial charge in [0.2, 0.25) is 5.91 Å². The van der Waals surface area contributed by atoms with Crippen molar-refractivity contribution in [2.45, 2.75) is 12.8 Å². The summed E-state index contributed by atoms with van der Waals surface area (Å²) in [5.41, 5.74) is 1.44. The van der Waals surface area contributed by atoms with Crippen molar-refractivity contribution in [1.82, 2.24) is 0 Å². The number of rotatable bonds is 0. The largest absolute Gasteiger partial charge is 0.506 e. The summed E-state index contributed by atoms with van der Waals surface area (Å²) >= 11 is 0. The molecule has 0 fully saturated rings. The van der Waals surface area contributed by atoms with Crippen LogP contribution in [-0.4, -0.2) is 11.0 Å². The van der Waals surface area contributed by atoms with Crippen molar-refractivity contribution in [2.75, 3.05) is 5.32 Å². The Morgan fingerprint density at radius 1 is 1.50 bits per heavy atom. The Bertz CT molecular complexity index is 346. The molecule has 2 rings (SSSR count). The minimum Gasteiger partial charge on any atom is -0.506 e. The van der Waals surface area contributed by atoms with Gasteiger partial charge in [-0.25, -0.2) is 0 Å². The smallest absolute Gasteiger partial charge is 0.231 e. The summed E-state index contributed by atoms with van der Waals surface area (Å²) in [6.45, 7) is 1.82. The second kappa shape index (κ2) is 2.24. The van der Waals surface area contributed by atoms with Crippen LogP contribution in [0.1, 0.15) is 18.4 Å². The van der Waals surface area contributed by atoms with Crippen LogP contribution in [0.4, 0.5) is 5.69 Å². The van der Waals surface area contributed by atoms with Gasteiger partial charge in [0.1, 0.15) is 5.75 Å². The summed E-state index contributed by atoms with van der Waals surface area (Å²) in [5.74, 6) is -0.0520. The molecule has 1 atom stereocenters. The van der Waals surface area contributed by atoms with Crippen LogP contribution in [0.2, 0.25) is 0 Å². The minimum atomic E-state index is -0.146. The van der Waals surface area contributed by atoms with Gasteiger partial charge < -0.3 is 10.4 Å². The first kappa shape index (κ1) is 7.16. The normalized spacial score (nSPS) is 20.4. The van der Waals surface area contributed by atoms with Crippen LogP contribution in [0.25, 0.3) is 0 Å². The van der Waals surface area contributed by atoms with Gasteiger partial charge in [0.15, 0.2) is 0 Å². The zero-order valence-electron chi connectivity index (χ0n) is 6.66. The molecule has 0 saturated heterocycles. The molecule has 3 nitrogen and oxygen atoms in total. The molecule has 2 N–H and O–H groups in total. The summed E-state index contributed by atoms with van der Waals surface area (Å²) in [6.07, 6.45) is 0. The first-order chi connectivity index (χ1) is 5.70. The molecule has 62 valence electrons. The number of hydrogen-bond donors (Lipinski definition) is 2. The van der Waals surface area contributed by atoms with Crippen LogP contribution in [0, 0.1) is 0 Å². The first-order valence-corrected chi connectivity index (χ1v) is 3.83. The van der Waals surface area contributed by atoms with Gasteiger partial charge >= 0.3 is 0 Å². The summed E-state index contributed by atoms with van der Waals surface area (Å²) in [5, 5.41) is 12.0. The molecule has 0 spiro atoms. The second-order valence-corrected chi connectivity index (χ2v) is 2.95. The molecule has 0 aromatic heterocycles. The van der Waals surface area contributed by atoms with Gasteiger partial charge in [0.05, 0.1) is 11.6 Å². The van der Waals surface area contributed by atoms with E-state index in [1.54, 1.807) is 12.1 Å². The lowest BCUT2D eigenvalue weighted by Crippen LogP contribution is -2.08. The fourth-order valence-electron chi connectivity index (χ4n) is 1.43. The molecule has 1 heterocycles. The van der Waals surface area contributed by atoms with E-state index in [4.69, 9.17) is 0 Å². The molecule has 1 aromatic rings. The van der Waals surface area contributed by atoms with Crippen LogP contribution in [0.5, 0.6) is 5.75 Å². The Balaban J connectivity index is 2.60. The molecule has 0 radical (unpaired) electrons. The maximum atomic E-state index is 11.2. The minimum absolute atomic E-state index is 0.0495. The SMILES string of the molecule is C[C@@H]1C(=O)Nc2c(O)cccc21.